The Bertz CT molecular complexity index is 1020. The highest BCUT2D eigenvalue weighted by molar-refractivity contribution is 5.99. The third kappa shape index (κ3) is 7.84. The molecule has 0 aliphatic heterocycles. The Balaban J connectivity index is 2.40. The maximum absolute atomic E-state index is 13.7. The molecule has 7 nitrogen and oxygen atoms in total. The number of alkyl carbamates (subject to hydrolysis) is 1. The van der Waals surface area contributed by atoms with Crippen molar-refractivity contribution in [2.45, 2.75) is 79.5 Å². The summed E-state index contributed by atoms with van der Waals surface area (Å²) in [5, 5.41) is 5.57. The van der Waals surface area contributed by atoms with Crippen LogP contribution in [0.15, 0.2) is 42.5 Å². The summed E-state index contributed by atoms with van der Waals surface area (Å²) in [6.45, 7) is 14.6. The first kappa shape index (κ1) is 27.9. The van der Waals surface area contributed by atoms with Gasteiger partial charge in [-0.05, 0) is 77.1 Å². The van der Waals surface area contributed by atoms with Crippen LogP contribution in [0.25, 0.3) is 0 Å². The largest absolute Gasteiger partial charge is 0.444 e. The maximum atomic E-state index is 13.7. The van der Waals surface area contributed by atoms with Gasteiger partial charge in [-0.25, -0.2) is 4.79 Å². The number of para-hydroxylation sites is 1. The van der Waals surface area contributed by atoms with Gasteiger partial charge in [0, 0.05) is 11.7 Å². The number of amides is 3. The van der Waals surface area contributed by atoms with E-state index in [1.165, 1.54) is 4.90 Å². The molecule has 0 aliphatic rings. The van der Waals surface area contributed by atoms with Crippen molar-refractivity contribution in [3.63, 3.8) is 0 Å². The van der Waals surface area contributed by atoms with Gasteiger partial charge < -0.3 is 20.3 Å². The van der Waals surface area contributed by atoms with E-state index < -0.39 is 17.7 Å². The summed E-state index contributed by atoms with van der Waals surface area (Å²) in [5.41, 5.74) is 3.76. The first-order valence-corrected chi connectivity index (χ1v) is 12.1. The van der Waals surface area contributed by atoms with Crippen LogP contribution in [-0.2, 0) is 20.7 Å². The van der Waals surface area contributed by atoms with E-state index in [0.29, 0.717) is 5.56 Å². The van der Waals surface area contributed by atoms with Crippen LogP contribution in [-0.4, -0.2) is 41.0 Å². The third-order valence-electron chi connectivity index (χ3n) is 5.59. The van der Waals surface area contributed by atoms with Gasteiger partial charge in [0.25, 0.3) is 5.91 Å². The second-order valence-corrected chi connectivity index (χ2v) is 10.0. The minimum absolute atomic E-state index is 0.284. The van der Waals surface area contributed by atoms with Crippen molar-refractivity contribution < 1.29 is 19.1 Å². The fourth-order valence-corrected chi connectivity index (χ4v) is 3.86. The normalized spacial score (nSPS) is 12.1. The van der Waals surface area contributed by atoms with Crippen LogP contribution in [0, 0.1) is 13.8 Å². The van der Waals surface area contributed by atoms with Gasteiger partial charge in [-0.1, -0.05) is 49.4 Å². The number of hydrogen-bond donors (Lipinski definition) is 2. The standard InChI is InChI=1S/C28H39N3O4/c1-9-21-13-15-22(16-14-21)25(26(33)30-24-19(4)11-10-12-20(24)5)31(18(2)3)23(32)17-29-27(34)35-28(6,7)8/h10-16,18,25H,9,17H2,1-8H3,(H,29,34)(H,30,33). The molecule has 0 saturated carbocycles. The van der Waals surface area contributed by atoms with Gasteiger partial charge in [-0.3, -0.25) is 9.59 Å². The van der Waals surface area contributed by atoms with E-state index in [4.69, 9.17) is 4.74 Å². The molecular formula is C28H39N3O4. The monoisotopic (exact) mass is 481 g/mol. The van der Waals surface area contributed by atoms with Crippen molar-refractivity contribution in [1.29, 1.82) is 0 Å². The second-order valence-electron chi connectivity index (χ2n) is 10.0. The molecule has 0 saturated heterocycles. The molecule has 2 rings (SSSR count). The summed E-state index contributed by atoms with van der Waals surface area (Å²) < 4.78 is 5.25. The average Bonchev–Trinajstić information content (AvgIpc) is 2.77. The SMILES string of the molecule is CCc1ccc(C(C(=O)Nc2c(C)cccc2C)N(C(=O)CNC(=O)OC(C)(C)C)C(C)C)cc1. The molecule has 3 amide bonds. The molecule has 35 heavy (non-hydrogen) atoms. The summed E-state index contributed by atoms with van der Waals surface area (Å²) in [5.74, 6) is -0.696. The average molecular weight is 482 g/mol. The molecule has 1 atom stereocenters. The molecule has 0 fully saturated rings. The number of carbonyl (C=O) groups excluding carboxylic acids is 3. The van der Waals surface area contributed by atoms with E-state index in [0.717, 1.165) is 28.8 Å². The van der Waals surface area contributed by atoms with Crippen molar-refractivity contribution in [2.24, 2.45) is 0 Å². The van der Waals surface area contributed by atoms with Crippen LogP contribution < -0.4 is 10.6 Å². The molecule has 190 valence electrons. The highest BCUT2D eigenvalue weighted by Gasteiger charge is 2.34. The third-order valence-corrected chi connectivity index (χ3v) is 5.59. The van der Waals surface area contributed by atoms with Gasteiger partial charge in [0.15, 0.2) is 0 Å². The van der Waals surface area contributed by atoms with E-state index in [-0.39, 0.29) is 24.4 Å². The minimum atomic E-state index is -0.882. The van der Waals surface area contributed by atoms with Crippen molar-refractivity contribution in [3.05, 3.63) is 64.7 Å². The lowest BCUT2D eigenvalue weighted by Crippen LogP contribution is -2.49. The van der Waals surface area contributed by atoms with Crippen molar-refractivity contribution in [1.82, 2.24) is 10.2 Å². The van der Waals surface area contributed by atoms with E-state index >= 15 is 0 Å². The number of rotatable bonds is 8. The number of aryl methyl sites for hydroxylation is 3. The Morgan fingerprint density at radius 1 is 0.971 bits per heavy atom. The Kier molecular flexibility index (Phi) is 9.46. The molecule has 0 aliphatic carbocycles. The van der Waals surface area contributed by atoms with Crippen molar-refractivity contribution >= 4 is 23.6 Å². The molecule has 0 bridgehead atoms. The second kappa shape index (κ2) is 11.9. The Labute approximate surface area is 209 Å². The molecule has 2 N–H and O–H groups in total. The Morgan fingerprint density at radius 3 is 2.03 bits per heavy atom. The molecule has 1 unspecified atom stereocenters. The summed E-state index contributed by atoms with van der Waals surface area (Å²) in [6.07, 6.45) is 0.185. The Morgan fingerprint density at radius 2 is 1.54 bits per heavy atom. The molecule has 0 aromatic heterocycles. The minimum Gasteiger partial charge on any atom is -0.444 e. The Hall–Kier alpha value is -3.35. The summed E-state index contributed by atoms with van der Waals surface area (Å²) >= 11 is 0. The fourth-order valence-electron chi connectivity index (χ4n) is 3.86. The van der Waals surface area contributed by atoms with Crippen LogP contribution in [0.1, 0.15) is 69.8 Å². The lowest BCUT2D eigenvalue weighted by molar-refractivity contribution is -0.140. The van der Waals surface area contributed by atoms with Gasteiger partial charge in [-0.2, -0.15) is 0 Å². The van der Waals surface area contributed by atoms with E-state index in [1.807, 2.05) is 70.2 Å². The number of nitrogens with one attached hydrogen (secondary N) is 2. The molecular weight excluding hydrogens is 442 g/mol. The number of anilines is 1. The van der Waals surface area contributed by atoms with Gasteiger partial charge in [-0.15, -0.1) is 0 Å². The van der Waals surface area contributed by atoms with Crippen molar-refractivity contribution in [3.8, 4) is 0 Å². The molecule has 7 heteroatoms. The zero-order valence-corrected chi connectivity index (χ0v) is 22.2. The highest BCUT2D eigenvalue weighted by Crippen LogP contribution is 2.28. The molecule has 0 spiro atoms. The number of carbonyl (C=O) groups is 3. The van der Waals surface area contributed by atoms with Gasteiger partial charge >= 0.3 is 6.09 Å². The van der Waals surface area contributed by atoms with E-state index in [9.17, 15) is 14.4 Å². The summed E-state index contributed by atoms with van der Waals surface area (Å²) in [7, 11) is 0. The van der Waals surface area contributed by atoms with Gasteiger partial charge in [0.05, 0.1) is 0 Å². The fraction of sp³-hybridized carbons (Fsp3) is 0.464. The highest BCUT2D eigenvalue weighted by atomic mass is 16.6. The molecule has 2 aromatic carbocycles. The molecule has 2 aromatic rings. The number of ether oxygens (including phenoxy) is 1. The van der Waals surface area contributed by atoms with Crippen molar-refractivity contribution in [2.75, 3.05) is 11.9 Å². The molecule has 0 heterocycles. The van der Waals surface area contributed by atoms with Crippen LogP contribution in [0.4, 0.5) is 10.5 Å². The molecule has 0 radical (unpaired) electrons. The number of hydrogen-bond acceptors (Lipinski definition) is 4. The van der Waals surface area contributed by atoms with E-state index in [1.54, 1.807) is 20.8 Å². The zero-order chi connectivity index (χ0) is 26.3. The predicted molar refractivity (Wildman–Crippen MR) is 139 cm³/mol. The lowest BCUT2D eigenvalue weighted by atomic mass is 9.99. The topological polar surface area (TPSA) is 87.7 Å². The van der Waals surface area contributed by atoms with Crippen LogP contribution in [0.2, 0.25) is 0 Å². The number of benzene rings is 2. The lowest BCUT2D eigenvalue weighted by Gasteiger charge is -2.35. The van der Waals surface area contributed by atoms with Gasteiger partial charge in [0.1, 0.15) is 18.2 Å². The maximum Gasteiger partial charge on any atom is 0.408 e. The van der Waals surface area contributed by atoms with Crippen LogP contribution in [0.3, 0.4) is 0 Å². The number of nitrogens with zero attached hydrogens (tertiary/aromatic N) is 1. The zero-order valence-electron chi connectivity index (χ0n) is 22.2. The smallest absolute Gasteiger partial charge is 0.408 e. The van der Waals surface area contributed by atoms with Crippen LogP contribution >= 0.6 is 0 Å². The summed E-state index contributed by atoms with van der Waals surface area (Å²) in [4.78, 5) is 40.7. The van der Waals surface area contributed by atoms with Crippen LogP contribution in [0.5, 0.6) is 0 Å². The first-order valence-electron chi connectivity index (χ1n) is 12.1. The van der Waals surface area contributed by atoms with E-state index in [2.05, 4.69) is 17.6 Å². The first-order chi connectivity index (χ1) is 16.3. The predicted octanol–water partition coefficient (Wildman–Crippen LogP) is 5.31. The van der Waals surface area contributed by atoms with Gasteiger partial charge in [0.2, 0.25) is 5.91 Å². The summed E-state index contributed by atoms with van der Waals surface area (Å²) in [6, 6.07) is 12.3. The quantitative estimate of drug-likeness (QED) is 0.535.